The highest BCUT2D eigenvalue weighted by molar-refractivity contribution is 14.1. The summed E-state index contributed by atoms with van der Waals surface area (Å²) in [5, 5.41) is 17.6. The van der Waals surface area contributed by atoms with Gasteiger partial charge in [-0.2, -0.15) is 0 Å². The van der Waals surface area contributed by atoms with E-state index in [9.17, 15) is 33.6 Å². The first-order chi connectivity index (χ1) is 46.4. The lowest BCUT2D eigenvalue weighted by Gasteiger charge is -2.26. The normalized spacial score (nSPS) is 12.0. The smallest absolute Gasteiger partial charge is 0.307 e. The molecule has 0 fully saturated rings. The number of carbonyl (C=O) groups excluding carboxylic acids is 7. The highest BCUT2D eigenvalue weighted by Crippen LogP contribution is 2.25. The quantitative estimate of drug-likeness (QED) is 0.00428. The van der Waals surface area contributed by atoms with Crippen molar-refractivity contribution in [3.05, 3.63) is 115 Å². The lowest BCUT2D eigenvalue weighted by Crippen LogP contribution is -2.38. The zero-order valence-electron chi connectivity index (χ0n) is 59.5. The van der Waals surface area contributed by atoms with Crippen molar-refractivity contribution >= 4 is 197 Å². The molecule has 0 spiro atoms. The first-order valence-corrected chi connectivity index (χ1v) is 37.2. The van der Waals surface area contributed by atoms with E-state index in [4.69, 9.17) is 99.3 Å². The Morgan fingerprint density at radius 2 is 0.828 bits per heavy atom. The number of rotatable bonds is 35. The van der Waals surface area contributed by atoms with Gasteiger partial charge in [0.25, 0.3) is 22.2 Å². The van der Waals surface area contributed by atoms with Crippen molar-refractivity contribution in [1.29, 1.82) is 0 Å². The number of hydrogen-bond acceptors (Lipinski definition) is 19. The summed E-state index contributed by atoms with van der Waals surface area (Å²) in [5.74, 6) is 0.458. The molecule has 0 amide bonds. The van der Waals surface area contributed by atoms with Gasteiger partial charge in [-0.25, -0.2) is 0 Å². The first kappa shape index (κ1) is 96.6. The number of alkyl halides is 6. The second kappa shape index (κ2) is 54.3. The third kappa shape index (κ3) is 49.8. The van der Waals surface area contributed by atoms with Gasteiger partial charge in [0.15, 0.2) is 0 Å². The number of hydrogen-bond donors (Lipinski definition) is 7. The van der Waals surface area contributed by atoms with Crippen LogP contribution in [0.25, 0.3) is 0 Å². The Morgan fingerprint density at radius 1 is 0.515 bits per heavy atom. The molecule has 0 saturated heterocycles. The predicted octanol–water partition coefficient (Wildman–Crippen LogP) is 11.1. The SMILES string of the molecule is CC(C)(C)OC(=O)C[C@@H](CI)N[B]C=O.Cc1ccc(N(CCCl)CCCl)cc1C[C@@H](N)CC(=O)O.Cc1ccc(N(CCCl)CCCl)cc1C[C@H](CC(=O)OC(C)(C)C)N[B]C=O.Cc1ccc(N)cc1C[C@H](CC(=O)OC(C)(C)C)N[B]C=O.Cc1ccc(N)cc1I.O=CCCl. The molecule has 4 atom stereocenters. The first-order valence-electron chi connectivity index (χ1n) is 32.0. The van der Waals surface area contributed by atoms with E-state index < -0.39 is 22.8 Å². The van der Waals surface area contributed by atoms with Crippen LogP contribution in [0, 0.1) is 31.3 Å². The van der Waals surface area contributed by atoms with Crippen molar-refractivity contribution in [2.45, 2.75) is 176 Å². The number of aryl methyl sites for hydroxylation is 4. The van der Waals surface area contributed by atoms with Crippen LogP contribution in [0.4, 0.5) is 22.7 Å². The molecule has 4 aromatic carbocycles. The Bertz CT molecular complexity index is 3020. The van der Waals surface area contributed by atoms with Crippen molar-refractivity contribution < 1.29 is 57.7 Å². The molecule has 4 aromatic rings. The van der Waals surface area contributed by atoms with E-state index in [1.807, 2.05) is 144 Å². The van der Waals surface area contributed by atoms with Crippen LogP contribution in [0.3, 0.4) is 0 Å². The molecule has 0 aliphatic carbocycles. The van der Waals surface area contributed by atoms with Gasteiger partial charge >= 0.3 is 23.9 Å². The van der Waals surface area contributed by atoms with Crippen molar-refractivity contribution in [3.63, 3.8) is 0 Å². The molecule has 99 heavy (non-hydrogen) atoms. The van der Waals surface area contributed by atoms with Gasteiger partial charge in [0.1, 0.15) is 23.1 Å². The summed E-state index contributed by atoms with van der Waals surface area (Å²) in [7, 11) is 3.92. The second-order valence-corrected chi connectivity index (χ2v) is 29.3. The van der Waals surface area contributed by atoms with Crippen LogP contribution < -0.4 is 42.7 Å². The minimum atomic E-state index is -0.873. The molecule has 0 heterocycles. The zero-order valence-corrected chi connectivity index (χ0v) is 67.6. The number of halogens is 7. The second-order valence-electron chi connectivity index (χ2n) is 25.5. The van der Waals surface area contributed by atoms with Crippen LogP contribution in [-0.2, 0) is 71.8 Å². The van der Waals surface area contributed by atoms with Crippen LogP contribution in [-0.4, -0.2) is 177 Å². The number of nitrogens with two attached hydrogens (primary N) is 3. The van der Waals surface area contributed by atoms with E-state index >= 15 is 0 Å². The number of nitrogens with zero attached hydrogens (tertiary/aromatic N) is 2. The Morgan fingerprint density at radius 3 is 1.13 bits per heavy atom. The topological polar surface area (TPSA) is 305 Å². The fourth-order valence-electron chi connectivity index (χ4n) is 8.74. The van der Waals surface area contributed by atoms with Crippen LogP contribution >= 0.6 is 103 Å². The average molecular weight is 1700 g/mol. The molecule has 4 rings (SSSR count). The Balaban J connectivity index is 0. The van der Waals surface area contributed by atoms with E-state index in [1.54, 1.807) is 0 Å². The van der Waals surface area contributed by atoms with Crippen molar-refractivity contribution in [1.82, 2.24) is 15.7 Å². The molecule has 549 valence electrons. The molecule has 20 nitrogen and oxygen atoms in total. The number of ether oxygens (including phenoxy) is 3. The van der Waals surface area contributed by atoms with E-state index in [1.165, 1.54) is 31.4 Å². The number of aliphatic carboxylic acids is 1. The highest BCUT2D eigenvalue weighted by Gasteiger charge is 2.24. The number of nitrogen functional groups attached to an aromatic ring is 2. The Kier molecular flexibility index (Phi) is 53.0. The molecule has 0 aliphatic rings. The standard InChI is InChI=1S/C20H30BCl2N2O3.C16H24BN2O3.C15H22Cl2N2O2.C9H16BINO3.C7H8IN.C2H3ClO/c1-15-5-6-18(25(9-7-22)10-8-23)12-16(15)11-17(24-21-14-26)13-19(27)28-20(2,3)4;1-11-5-6-13(18)7-12(11)8-14(19-17-10-20)9-15(21)22-16(2,3)4;1-11-2-3-14(19(6-4-16)7-5-17)9-12(11)8-13(18)10-15(20)21;1-9(2,3)15-8(14)4-7(5-11)12-10-6-13;1-5-2-3-6(9)4-7(5)8;3-1-2-4/h5-6,12,14,17,24H,7-11,13H2,1-4H3;5-7,10,14,19H,8-9,18H2,1-4H3;2-3,9,13H,4-8,10,18H2,1H3,(H,20,21);6-7,12H,4-5H2,1-3H3;2-4H,9H2,1H3;2H,1H2/t17-;14-;13-;7-;;/m1110../s1. The number of carboxylic acids is 1. The molecule has 0 bridgehead atoms. The van der Waals surface area contributed by atoms with Crippen LogP contribution in [0.2, 0.25) is 0 Å². The highest BCUT2D eigenvalue weighted by atomic mass is 127. The van der Waals surface area contributed by atoms with E-state index in [0.717, 1.165) is 68.0 Å². The molecular formula is C69H103B3Cl5I2N8O12. The number of nitrogens with one attached hydrogen (secondary N) is 3. The molecule has 30 heteroatoms. The lowest BCUT2D eigenvalue weighted by atomic mass is 9.91. The molecule has 10 N–H and O–H groups in total. The van der Waals surface area contributed by atoms with Gasteiger partial charge in [-0.3, -0.25) is 19.2 Å². The number of aldehydes is 1. The van der Waals surface area contributed by atoms with Crippen molar-refractivity contribution in [2.75, 3.05) is 81.3 Å². The molecule has 0 saturated carbocycles. The average Bonchev–Trinajstić information content (AvgIpc) is 0.865. The fourth-order valence-corrected chi connectivity index (χ4v) is 10.7. The third-order valence-corrected chi connectivity index (χ3v) is 16.2. The number of anilines is 4. The summed E-state index contributed by atoms with van der Waals surface area (Å²) < 4.78 is 17.9. The predicted molar refractivity (Wildman–Crippen MR) is 430 cm³/mol. The number of esters is 3. The zero-order chi connectivity index (χ0) is 75.9. The Labute approximate surface area is 643 Å². The molecule has 0 aromatic heterocycles. The minimum Gasteiger partial charge on any atom is -0.481 e. The van der Waals surface area contributed by atoms with Crippen molar-refractivity contribution in [3.8, 4) is 0 Å². The fraction of sp³-hybridized carbons (Fsp3) is 0.536. The molecule has 0 aliphatic heterocycles. The van der Waals surface area contributed by atoms with Crippen LogP contribution in [0.5, 0.6) is 0 Å². The van der Waals surface area contributed by atoms with Crippen molar-refractivity contribution in [2.24, 2.45) is 5.73 Å². The van der Waals surface area contributed by atoms with Gasteiger partial charge in [0.05, 0.1) is 50.1 Å². The summed E-state index contributed by atoms with van der Waals surface area (Å²) in [5.41, 5.74) is 27.1. The van der Waals surface area contributed by atoms with Gasteiger partial charge in [0.2, 0.25) is 0 Å². The number of carboxylic acid groups (broad SMARTS) is 1. The third-order valence-electron chi connectivity index (χ3n) is 13.2. The summed E-state index contributed by atoms with van der Waals surface area (Å²) in [6, 6.07) is 23.0. The van der Waals surface area contributed by atoms with Gasteiger partial charge in [-0.15, -0.1) is 58.0 Å². The summed E-state index contributed by atoms with van der Waals surface area (Å²) in [4.78, 5) is 91.1. The van der Waals surface area contributed by atoms with E-state index in [-0.39, 0.29) is 73.6 Å². The summed E-state index contributed by atoms with van der Waals surface area (Å²) in [6.45, 7) is 27.4. The monoisotopic (exact) mass is 1700 g/mol. The van der Waals surface area contributed by atoms with Gasteiger partial charge in [-0.05, 0) is 219 Å². The van der Waals surface area contributed by atoms with E-state index in [0.29, 0.717) is 86.4 Å². The minimum absolute atomic E-state index is 0.0310. The maximum atomic E-state index is 12.3. The Hall–Kier alpha value is -4.42. The lowest BCUT2D eigenvalue weighted by molar-refractivity contribution is -0.156. The van der Waals surface area contributed by atoms with Crippen LogP contribution in [0.15, 0.2) is 72.8 Å². The number of carbonyl (C=O) groups is 8. The maximum absolute atomic E-state index is 12.3. The molecule has 3 radical (unpaired) electrons. The molecule has 0 unspecified atom stereocenters. The summed E-state index contributed by atoms with van der Waals surface area (Å²) in [6.07, 6.45) is 4.93. The van der Waals surface area contributed by atoms with Crippen LogP contribution in [0.1, 0.15) is 127 Å². The van der Waals surface area contributed by atoms with Gasteiger partial charge < -0.3 is 81.2 Å². The largest absolute Gasteiger partial charge is 0.481 e. The molecular weight excluding hydrogens is 1600 g/mol. The maximum Gasteiger partial charge on any atom is 0.307 e. The van der Waals surface area contributed by atoms with Gasteiger partial charge in [0, 0.05) is 105 Å². The van der Waals surface area contributed by atoms with Gasteiger partial charge in [-0.1, -0.05) is 46.9 Å². The number of benzene rings is 4. The summed E-state index contributed by atoms with van der Waals surface area (Å²) >= 11 is 32.7. The van der Waals surface area contributed by atoms with E-state index in [2.05, 4.69) is 89.7 Å².